The second-order valence-corrected chi connectivity index (χ2v) is 9.66. The molecule has 3 rings (SSSR count). The zero-order valence-corrected chi connectivity index (χ0v) is 12.8. The van der Waals surface area contributed by atoms with Gasteiger partial charge in [0.15, 0.2) is 9.84 Å². The summed E-state index contributed by atoms with van der Waals surface area (Å²) in [7, 11) is -2.82. The number of ether oxygens (including phenoxy) is 1. The van der Waals surface area contributed by atoms with Crippen LogP contribution in [-0.4, -0.2) is 49.7 Å². The Balaban J connectivity index is 1.65. The molecule has 6 heteroatoms. The van der Waals surface area contributed by atoms with Gasteiger partial charge in [-0.1, -0.05) is 0 Å². The minimum atomic E-state index is -2.82. The van der Waals surface area contributed by atoms with Gasteiger partial charge in [0.2, 0.25) is 0 Å². The summed E-state index contributed by atoms with van der Waals surface area (Å²) in [6.45, 7) is 0.790. The maximum absolute atomic E-state index is 11.6. The maximum Gasteiger partial charge on any atom is 0.150 e. The first kappa shape index (κ1) is 14.2. The van der Waals surface area contributed by atoms with Crippen LogP contribution < -0.4 is 5.73 Å². The highest BCUT2D eigenvalue weighted by Crippen LogP contribution is 2.42. The summed E-state index contributed by atoms with van der Waals surface area (Å²) in [6.07, 6.45) is 3.90. The topological polar surface area (TPSA) is 69.4 Å². The van der Waals surface area contributed by atoms with Crippen molar-refractivity contribution in [3.63, 3.8) is 0 Å². The summed E-state index contributed by atoms with van der Waals surface area (Å²) in [5, 5.41) is 0. The first-order chi connectivity index (χ1) is 9.00. The molecule has 0 aromatic rings. The van der Waals surface area contributed by atoms with Gasteiger partial charge in [-0.3, -0.25) is 0 Å². The normalized spacial score (nSPS) is 43.6. The second-order valence-electron chi connectivity index (χ2n) is 6.33. The highest BCUT2D eigenvalue weighted by Gasteiger charge is 2.44. The van der Waals surface area contributed by atoms with Gasteiger partial charge in [0.25, 0.3) is 0 Å². The molecule has 0 aliphatic carbocycles. The quantitative estimate of drug-likeness (QED) is 0.826. The maximum atomic E-state index is 11.6. The van der Waals surface area contributed by atoms with Crippen LogP contribution in [0.15, 0.2) is 0 Å². The summed E-state index contributed by atoms with van der Waals surface area (Å²) < 4.78 is 29.2. The molecule has 3 aliphatic rings. The first-order valence-corrected chi connectivity index (χ1v) is 10.2. The van der Waals surface area contributed by atoms with Crippen LogP contribution in [0.5, 0.6) is 0 Å². The molecular weight excluding hydrogens is 282 g/mol. The molecule has 0 amide bonds. The summed E-state index contributed by atoms with van der Waals surface area (Å²) in [5.74, 6) is 3.49. The lowest BCUT2D eigenvalue weighted by Gasteiger charge is -2.41. The van der Waals surface area contributed by atoms with Crippen LogP contribution in [0.4, 0.5) is 0 Å². The van der Waals surface area contributed by atoms with E-state index in [2.05, 4.69) is 0 Å². The molecule has 4 nitrogen and oxygen atoms in total. The van der Waals surface area contributed by atoms with Crippen molar-refractivity contribution >= 4 is 21.6 Å². The molecule has 3 heterocycles. The van der Waals surface area contributed by atoms with E-state index in [4.69, 9.17) is 10.5 Å². The van der Waals surface area contributed by atoms with Crippen molar-refractivity contribution < 1.29 is 13.2 Å². The fourth-order valence-corrected chi connectivity index (χ4v) is 7.02. The molecule has 1 spiro atoms. The average Bonchev–Trinajstić information content (AvgIpc) is 2.96. The van der Waals surface area contributed by atoms with Gasteiger partial charge in [0, 0.05) is 18.4 Å². The van der Waals surface area contributed by atoms with Gasteiger partial charge < -0.3 is 10.5 Å². The summed E-state index contributed by atoms with van der Waals surface area (Å²) in [6, 6.07) is 0.0312. The summed E-state index contributed by atoms with van der Waals surface area (Å²) in [4.78, 5) is 0. The molecule has 3 saturated heterocycles. The number of nitrogens with two attached hydrogens (primary N) is 1. The highest BCUT2D eigenvalue weighted by molar-refractivity contribution is 7.99. The number of rotatable bonds is 2. The van der Waals surface area contributed by atoms with Gasteiger partial charge in [-0.15, -0.1) is 0 Å². The van der Waals surface area contributed by atoms with Gasteiger partial charge in [0.1, 0.15) is 0 Å². The van der Waals surface area contributed by atoms with Crippen molar-refractivity contribution in [3.8, 4) is 0 Å². The molecule has 4 atom stereocenters. The minimum Gasteiger partial charge on any atom is -0.374 e. The molecule has 19 heavy (non-hydrogen) atoms. The van der Waals surface area contributed by atoms with E-state index >= 15 is 0 Å². The van der Waals surface area contributed by atoms with Crippen LogP contribution in [0, 0.1) is 11.8 Å². The standard InChI is InChI=1S/C13H23NO3S2/c14-12(11-2-6-19(15,16)8-11)10-1-4-17-13(7-10)3-5-18-9-13/h10-12H,1-9,14H2. The van der Waals surface area contributed by atoms with Gasteiger partial charge in [-0.25, -0.2) is 8.42 Å². The molecule has 0 aromatic heterocycles. The van der Waals surface area contributed by atoms with E-state index in [9.17, 15) is 8.42 Å². The Kier molecular flexibility index (Phi) is 3.88. The molecule has 2 N–H and O–H groups in total. The van der Waals surface area contributed by atoms with Crippen LogP contribution in [-0.2, 0) is 14.6 Å². The van der Waals surface area contributed by atoms with E-state index in [1.165, 1.54) is 5.75 Å². The molecule has 3 aliphatic heterocycles. The third-order valence-corrected chi connectivity index (χ3v) is 7.97. The second kappa shape index (κ2) is 5.20. The van der Waals surface area contributed by atoms with Crippen LogP contribution in [0.25, 0.3) is 0 Å². The van der Waals surface area contributed by atoms with Crippen LogP contribution in [0.3, 0.4) is 0 Å². The minimum absolute atomic E-state index is 0.0312. The lowest BCUT2D eigenvalue weighted by Crippen LogP contribution is -2.48. The molecule has 4 unspecified atom stereocenters. The Hall–Kier alpha value is 0.220. The van der Waals surface area contributed by atoms with E-state index in [0.29, 0.717) is 17.4 Å². The van der Waals surface area contributed by atoms with Crippen molar-refractivity contribution in [2.75, 3.05) is 29.6 Å². The Morgan fingerprint density at radius 1 is 1.32 bits per heavy atom. The fourth-order valence-electron chi connectivity index (χ4n) is 3.77. The number of sulfone groups is 1. The third-order valence-electron chi connectivity index (χ3n) is 4.95. The van der Waals surface area contributed by atoms with Crippen LogP contribution in [0.1, 0.15) is 25.7 Å². The zero-order valence-electron chi connectivity index (χ0n) is 11.2. The van der Waals surface area contributed by atoms with Gasteiger partial charge >= 0.3 is 0 Å². The molecule has 0 saturated carbocycles. The molecule has 0 bridgehead atoms. The Morgan fingerprint density at radius 3 is 2.79 bits per heavy atom. The van der Waals surface area contributed by atoms with Crippen molar-refractivity contribution in [2.45, 2.75) is 37.3 Å². The van der Waals surface area contributed by atoms with E-state index in [1.807, 2.05) is 11.8 Å². The molecule has 0 aromatic carbocycles. The average molecular weight is 305 g/mol. The van der Waals surface area contributed by atoms with Gasteiger partial charge in [-0.05, 0) is 43.3 Å². The fraction of sp³-hybridized carbons (Fsp3) is 1.00. The summed E-state index contributed by atoms with van der Waals surface area (Å²) in [5.41, 5.74) is 6.44. The Labute approximate surface area is 119 Å². The lowest BCUT2D eigenvalue weighted by atomic mass is 9.77. The number of hydrogen-bond donors (Lipinski definition) is 1. The zero-order chi connectivity index (χ0) is 13.5. The molecule has 0 radical (unpaired) electrons. The Bertz CT molecular complexity index is 431. The van der Waals surface area contributed by atoms with Crippen LogP contribution >= 0.6 is 11.8 Å². The summed E-state index contributed by atoms with van der Waals surface area (Å²) >= 11 is 1.96. The molecule has 3 fully saturated rings. The lowest BCUT2D eigenvalue weighted by molar-refractivity contribution is -0.0854. The third kappa shape index (κ3) is 2.96. The highest BCUT2D eigenvalue weighted by atomic mass is 32.2. The van der Waals surface area contributed by atoms with Gasteiger partial charge in [0.05, 0.1) is 17.1 Å². The smallest absolute Gasteiger partial charge is 0.150 e. The van der Waals surface area contributed by atoms with E-state index in [0.717, 1.165) is 38.0 Å². The first-order valence-electron chi connectivity index (χ1n) is 7.17. The molecular formula is C13H23NO3S2. The Morgan fingerprint density at radius 2 is 2.16 bits per heavy atom. The molecule has 110 valence electrons. The van der Waals surface area contributed by atoms with Gasteiger partial charge in [-0.2, -0.15) is 11.8 Å². The van der Waals surface area contributed by atoms with Crippen molar-refractivity contribution in [1.29, 1.82) is 0 Å². The van der Waals surface area contributed by atoms with E-state index in [-0.39, 0.29) is 17.6 Å². The number of thioether (sulfide) groups is 1. The monoisotopic (exact) mass is 305 g/mol. The largest absolute Gasteiger partial charge is 0.374 e. The number of hydrogen-bond acceptors (Lipinski definition) is 5. The van der Waals surface area contributed by atoms with Crippen molar-refractivity contribution in [3.05, 3.63) is 0 Å². The van der Waals surface area contributed by atoms with E-state index in [1.54, 1.807) is 0 Å². The predicted octanol–water partition coefficient (Wildman–Crippen LogP) is 1.05. The predicted molar refractivity (Wildman–Crippen MR) is 78.1 cm³/mol. The van der Waals surface area contributed by atoms with E-state index < -0.39 is 9.84 Å². The SMILES string of the molecule is NC(C1CCOC2(CCSC2)C1)C1CCS(=O)(=O)C1. The van der Waals surface area contributed by atoms with Crippen LogP contribution in [0.2, 0.25) is 0 Å². The van der Waals surface area contributed by atoms with Crippen molar-refractivity contribution in [2.24, 2.45) is 17.6 Å². The van der Waals surface area contributed by atoms with Crippen molar-refractivity contribution in [1.82, 2.24) is 0 Å².